The number of hydrogen-bond donors (Lipinski definition) is 0. The first-order chi connectivity index (χ1) is 14.2. The highest BCUT2D eigenvalue weighted by Crippen LogP contribution is 2.22. The molecule has 5 nitrogen and oxygen atoms in total. The van der Waals surface area contributed by atoms with Gasteiger partial charge in [-0.25, -0.2) is 4.79 Å². The number of hydrogen-bond acceptors (Lipinski definition) is 5. The molecule has 0 saturated heterocycles. The fraction of sp³-hybridized carbons (Fsp3) is 0.208. The van der Waals surface area contributed by atoms with Gasteiger partial charge in [0.25, 0.3) is 0 Å². The van der Waals surface area contributed by atoms with Crippen LogP contribution in [0.25, 0.3) is 16.8 Å². The quantitative estimate of drug-likeness (QED) is 0.295. The van der Waals surface area contributed by atoms with Gasteiger partial charge in [-0.1, -0.05) is 18.2 Å². The number of carbonyl (C=O) groups is 1. The molecule has 0 saturated carbocycles. The Balaban J connectivity index is 1.45. The van der Waals surface area contributed by atoms with Gasteiger partial charge in [-0.15, -0.1) is 0 Å². The van der Waals surface area contributed by atoms with Crippen LogP contribution >= 0.6 is 0 Å². The Bertz CT molecular complexity index is 976. The standard InChI is InChI=1S/C24H24O5/c1-3-27-21-9-11-22(12-10-21)28-14-15-29-24(25)13-5-18-4-6-20-17-23(26-2)8-7-19(20)16-18/h4-13,16-17H,3,14-15H2,1-2H3/b13-5+. The summed E-state index contributed by atoms with van der Waals surface area (Å²) >= 11 is 0. The largest absolute Gasteiger partial charge is 0.497 e. The van der Waals surface area contributed by atoms with Crippen molar-refractivity contribution in [3.63, 3.8) is 0 Å². The highest BCUT2D eigenvalue weighted by Gasteiger charge is 2.01. The molecule has 29 heavy (non-hydrogen) atoms. The van der Waals surface area contributed by atoms with Gasteiger partial charge in [-0.05, 0) is 71.8 Å². The molecule has 0 fully saturated rings. The van der Waals surface area contributed by atoms with Crippen molar-refractivity contribution in [2.75, 3.05) is 26.9 Å². The molecule has 0 bridgehead atoms. The number of methoxy groups -OCH3 is 1. The lowest BCUT2D eigenvalue weighted by Gasteiger charge is -2.07. The first-order valence-corrected chi connectivity index (χ1v) is 9.46. The van der Waals surface area contributed by atoms with Crippen molar-refractivity contribution in [2.24, 2.45) is 0 Å². The highest BCUT2D eigenvalue weighted by atomic mass is 16.6. The lowest BCUT2D eigenvalue weighted by molar-refractivity contribution is -0.138. The van der Waals surface area contributed by atoms with Crippen LogP contribution in [-0.4, -0.2) is 32.9 Å². The van der Waals surface area contributed by atoms with E-state index in [9.17, 15) is 4.79 Å². The maximum atomic E-state index is 11.9. The predicted octanol–water partition coefficient (Wildman–Crippen LogP) is 4.88. The number of ether oxygens (including phenoxy) is 4. The predicted molar refractivity (Wildman–Crippen MR) is 114 cm³/mol. The van der Waals surface area contributed by atoms with Crippen LogP contribution in [0.1, 0.15) is 12.5 Å². The van der Waals surface area contributed by atoms with Crippen molar-refractivity contribution in [1.29, 1.82) is 0 Å². The second-order valence-electron chi connectivity index (χ2n) is 6.23. The van der Waals surface area contributed by atoms with Crippen LogP contribution in [0.2, 0.25) is 0 Å². The minimum Gasteiger partial charge on any atom is -0.497 e. The Labute approximate surface area is 170 Å². The zero-order chi connectivity index (χ0) is 20.5. The van der Waals surface area contributed by atoms with E-state index in [0.29, 0.717) is 12.4 Å². The van der Waals surface area contributed by atoms with E-state index in [4.69, 9.17) is 18.9 Å². The van der Waals surface area contributed by atoms with Crippen LogP contribution in [0.4, 0.5) is 0 Å². The summed E-state index contributed by atoms with van der Waals surface area (Å²) in [7, 11) is 1.65. The van der Waals surface area contributed by atoms with Crippen molar-refractivity contribution in [1.82, 2.24) is 0 Å². The number of rotatable bonds is 9. The van der Waals surface area contributed by atoms with Crippen molar-refractivity contribution in [2.45, 2.75) is 6.92 Å². The molecule has 0 unspecified atom stereocenters. The zero-order valence-corrected chi connectivity index (χ0v) is 16.6. The Morgan fingerprint density at radius 1 is 0.828 bits per heavy atom. The molecule has 0 aliphatic carbocycles. The third-order valence-electron chi connectivity index (χ3n) is 4.21. The van der Waals surface area contributed by atoms with Crippen LogP contribution in [0.5, 0.6) is 17.2 Å². The second-order valence-corrected chi connectivity index (χ2v) is 6.23. The molecule has 0 radical (unpaired) electrons. The maximum absolute atomic E-state index is 11.9. The molecule has 150 valence electrons. The van der Waals surface area contributed by atoms with E-state index >= 15 is 0 Å². The summed E-state index contributed by atoms with van der Waals surface area (Å²) in [5, 5.41) is 2.15. The van der Waals surface area contributed by atoms with E-state index in [1.54, 1.807) is 13.2 Å². The summed E-state index contributed by atoms with van der Waals surface area (Å²) in [5.74, 6) is 1.91. The topological polar surface area (TPSA) is 54.0 Å². The smallest absolute Gasteiger partial charge is 0.330 e. The van der Waals surface area contributed by atoms with E-state index in [0.717, 1.165) is 27.8 Å². The number of carbonyl (C=O) groups excluding carboxylic acids is 1. The molecule has 0 heterocycles. The van der Waals surface area contributed by atoms with Crippen LogP contribution in [0, 0.1) is 0 Å². The third-order valence-corrected chi connectivity index (χ3v) is 4.21. The first kappa shape index (κ1) is 20.3. The summed E-state index contributed by atoms with van der Waals surface area (Å²) in [6.45, 7) is 3.02. The van der Waals surface area contributed by atoms with Crippen molar-refractivity contribution >= 4 is 22.8 Å². The van der Waals surface area contributed by atoms with E-state index in [2.05, 4.69) is 0 Å². The molecular formula is C24H24O5. The average Bonchev–Trinajstić information content (AvgIpc) is 2.76. The highest BCUT2D eigenvalue weighted by molar-refractivity contribution is 5.90. The number of esters is 1. The zero-order valence-electron chi connectivity index (χ0n) is 16.6. The van der Waals surface area contributed by atoms with Crippen LogP contribution < -0.4 is 14.2 Å². The van der Waals surface area contributed by atoms with Crippen molar-refractivity contribution < 1.29 is 23.7 Å². The molecule has 0 amide bonds. The van der Waals surface area contributed by atoms with E-state index in [-0.39, 0.29) is 13.2 Å². The van der Waals surface area contributed by atoms with Crippen LogP contribution in [0.15, 0.2) is 66.7 Å². The normalized spacial score (nSPS) is 10.8. The summed E-state index contributed by atoms with van der Waals surface area (Å²) in [5.41, 5.74) is 0.922. The van der Waals surface area contributed by atoms with Crippen molar-refractivity contribution in [3.05, 3.63) is 72.3 Å². The van der Waals surface area contributed by atoms with Gasteiger partial charge in [0.1, 0.15) is 30.5 Å². The molecule has 0 N–H and O–H groups in total. The Morgan fingerprint density at radius 2 is 1.48 bits per heavy atom. The molecule has 5 heteroatoms. The van der Waals surface area contributed by atoms with Gasteiger partial charge < -0.3 is 18.9 Å². The van der Waals surface area contributed by atoms with Gasteiger partial charge in [0.15, 0.2) is 0 Å². The lowest BCUT2D eigenvalue weighted by atomic mass is 10.1. The van der Waals surface area contributed by atoms with Gasteiger partial charge in [0, 0.05) is 6.08 Å². The number of fused-ring (bicyclic) bond motifs is 1. The fourth-order valence-corrected chi connectivity index (χ4v) is 2.79. The number of benzene rings is 3. The Hall–Kier alpha value is -3.47. The van der Waals surface area contributed by atoms with Gasteiger partial charge in [0.05, 0.1) is 13.7 Å². The third kappa shape index (κ3) is 6.01. The minimum atomic E-state index is -0.407. The van der Waals surface area contributed by atoms with E-state index < -0.39 is 5.97 Å². The monoisotopic (exact) mass is 392 g/mol. The first-order valence-electron chi connectivity index (χ1n) is 9.46. The molecule has 0 aromatic heterocycles. The molecule has 0 aliphatic rings. The molecule has 0 spiro atoms. The SMILES string of the molecule is CCOc1ccc(OCCOC(=O)/C=C/c2ccc3cc(OC)ccc3c2)cc1. The summed E-state index contributed by atoms with van der Waals surface area (Å²) < 4.78 is 21.3. The summed E-state index contributed by atoms with van der Waals surface area (Å²) in [6.07, 6.45) is 3.15. The molecule has 3 aromatic carbocycles. The van der Waals surface area contributed by atoms with E-state index in [1.807, 2.05) is 67.6 Å². The summed E-state index contributed by atoms with van der Waals surface area (Å²) in [6, 6.07) is 19.1. The molecule has 0 atom stereocenters. The molecule has 3 rings (SSSR count). The second kappa shape index (κ2) is 10.2. The molecule has 3 aromatic rings. The Kier molecular flexibility index (Phi) is 7.11. The van der Waals surface area contributed by atoms with Crippen LogP contribution in [0.3, 0.4) is 0 Å². The molecule has 0 aliphatic heterocycles. The minimum absolute atomic E-state index is 0.175. The maximum Gasteiger partial charge on any atom is 0.330 e. The summed E-state index contributed by atoms with van der Waals surface area (Å²) in [4.78, 5) is 11.9. The van der Waals surface area contributed by atoms with Gasteiger partial charge >= 0.3 is 5.97 Å². The van der Waals surface area contributed by atoms with Gasteiger partial charge in [-0.3, -0.25) is 0 Å². The van der Waals surface area contributed by atoms with Crippen LogP contribution in [-0.2, 0) is 9.53 Å². The lowest BCUT2D eigenvalue weighted by Crippen LogP contribution is -2.10. The van der Waals surface area contributed by atoms with Gasteiger partial charge in [0.2, 0.25) is 0 Å². The molecular weight excluding hydrogens is 368 g/mol. The van der Waals surface area contributed by atoms with Crippen molar-refractivity contribution in [3.8, 4) is 17.2 Å². The van der Waals surface area contributed by atoms with E-state index in [1.165, 1.54) is 6.08 Å². The van der Waals surface area contributed by atoms with Gasteiger partial charge in [-0.2, -0.15) is 0 Å². The average molecular weight is 392 g/mol. The Morgan fingerprint density at radius 3 is 2.21 bits per heavy atom. The fourth-order valence-electron chi connectivity index (χ4n) is 2.79.